The van der Waals surface area contributed by atoms with E-state index in [1.807, 2.05) is 26.0 Å². The largest absolute Gasteiger partial charge is 0.313 e. The van der Waals surface area contributed by atoms with Crippen molar-refractivity contribution in [2.24, 2.45) is 0 Å². The summed E-state index contributed by atoms with van der Waals surface area (Å²) >= 11 is 0. The van der Waals surface area contributed by atoms with Crippen LogP contribution in [0.2, 0.25) is 0 Å². The average molecular weight is 246 g/mol. The molecule has 18 heavy (non-hydrogen) atoms. The van der Waals surface area contributed by atoms with E-state index in [0.29, 0.717) is 0 Å². The van der Waals surface area contributed by atoms with Crippen LogP contribution >= 0.6 is 0 Å². The molecule has 2 aromatic rings. The van der Waals surface area contributed by atoms with Crippen molar-refractivity contribution in [1.82, 2.24) is 9.66 Å². The highest BCUT2D eigenvalue weighted by Gasteiger charge is 2.16. The first-order chi connectivity index (χ1) is 8.49. The standard InChI is InChI=1S/C12H14N4O2/c1-8-6-11(16(17)18)12(13-7-8)14-15-9(2)4-5-10(15)3/h4-7H,1-3H3,(H,13,14). The molecule has 0 saturated heterocycles. The van der Waals surface area contributed by atoms with E-state index in [2.05, 4.69) is 10.4 Å². The number of hydrogen-bond acceptors (Lipinski definition) is 4. The lowest BCUT2D eigenvalue weighted by molar-refractivity contribution is -0.384. The molecular formula is C12H14N4O2. The fraction of sp³-hybridized carbons (Fsp3) is 0.250. The van der Waals surface area contributed by atoms with Gasteiger partial charge in [-0.1, -0.05) is 0 Å². The molecule has 0 aliphatic carbocycles. The van der Waals surface area contributed by atoms with Crippen molar-refractivity contribution in [1.29, 1.82) is 0 Å². The lowest BCUT2D eigenvalue weighted by atomic mass is 10.3. The van der Waals surface area contributed by atoms with Gasteiger partial charge in [0.05, 0.1) is 4.92 Å². The number of nitro groups is 1. The summed E-state index contributed by atoms with van der Waals surface area (Å²) in [4.78, 5) is 14.6. The molecule has 2 aromatic heterocycles. The van der Waals surface area contributed by atoms with E-state index in [1.165, 1.54) is 6.07 Å². The molecule has 0 atom stereocenters. The minimum Gasteiger partial charge on any atom is -0.272 e. The highest BCUT2D eigenvalue weighted by molar-refractivity contribution is 5.56. The topological polar surface area (TPSA) is 73.0 Å². The number of rotatable bonds is 3. The first kappa shape index (κ1) is 12.1. The zero-order chi connectivity index (χ0) is 13.3. The Hall–Kier alpha value is -2.37. The van der Waals surface area contributed by atoms with E-state index in [4.69, 9.17) is 0 Å². The maximum Gasteiger partial charge on any atom is 0.313 e. The van der Waals surface area contributed by atoms with Gasteiger partial charge in [0.25, 0.3) is 0 Å². The Labute approximate surface area is 104 Å². The van der Waals surface area contributed by atoms with Gasteiger partial charge in [0.1, 0.15) is 0 Å². The molecule has 0 fully saturated rings. The van der Waals surface area contributed by atoms with Crippen molar-refractivity contribution < 1.29 is 4.92 Å². The Morgan fingerprint density at radius 1 is 1.28 bits per heavy atom. The molecule has 0 spiro atoms. The van der Waals surface area contributed by atoms with Crippen molar-refractivity contribution in [2.75, 3.05) is 5.43 Å². The van der Waals surface area contributed by atoms with E-state index in [1.54, 1.807) is 17.8 Å². The van der Waals surface area contributed by atoms with Gasteiger partial charge in [-0.25, -0.2) is 4.98 Å². The zero-order valence-electron chi connectivity index (χ0n) is 10.5. The number of nitrogens with one attached hydrogen (secondary N) is 1. The second-order valence-corrected chi connectivity index (χ2v) is 4.20. The summed E-state index contributed by atoms with van der Waals surface area (Å²) in [5.74, 6) is 0.244. The number of pyridine rings is 1. The quantitative estimate of drug-likeness (QED) is 0.667. The fourth-order valence-corrected chi connectivity index (χ4v) is 1.73. The van der Waals surface area contributed by atoms with Crippen LogP contribution in [0.15, 0.2) is 24.4 Å². The summed E-state index contributed by atoms with van der Waals surface area (Å²) in [5, 5.41) is 11.0. The van der Waals surface area contributed by atoms with Crippen LogP contribution in [0.5, 0.6) is 0 Å². The lowest BCUT2D eigenvalue weighted by Crippen LogP contribution is -2.14. The fourth-order valence-electron chi connectivity index (χ4n) is 1.73. The van der Waals surface area contributed by atoms with E-state index in [-0.39, 0.29) is 11.5 Å². The van der Waals surface area contributed by atoms with Gasteiger partial charge in [-0.15, -0.1) is 0 Å². The summed E-state index contributed by atoms with van der Waals surface area (Å²) in [6.45, 7) is 5.61. The number of aromatic nitrogens is 2. The SMILES string of the molecule is Cc1cnc(Nn2c(C)ccc2C)c([N+](=O)[O-])c1. The Kier molecular flexibility index (Phi) is 3.01. The molecular weight excluding hydrogens is 232 g/mol. The monoisotopic (exact) mass is 246 g/mol. The number of aryl methyl sites for hydroxylation is 3. The molecule has 6 heteroatoms. The molecule has 6 nitrogen and oxygen atoms in total. The van der Waals surface area contributed by atoms with Crippen molar-refractivity contribution >= 4 is 11.5 Å². The summed E-state index contributed by atoms with van der Waals surface area (Å²) in [6, 6.07) is 5.37. The summed E-state index contributed by atoms with van der Waals surface area (Å²) in [5.41, 5.74) is 5.62. The van der Waals surface area contributed by atoms with Crippen LogP contribution in [-0.2, 0) is 0 Å². The van der Waals surface area contributed by atoms with E-state index in [0.717, 1.165) is 17.0 Å². The Balaban J connectivity index is 2.43. The van der Waals surface area contributed by atoms with Crippen LogP contribution < -0.4 is 5.43 Å². The third-order valence-electron chi connectivity index (χ3n) is 2.69. The predicted octanol–water partition coefficient (Wildman–Crippen LogP) is 2.59. The number of hydrogen-bond donors (Lipinski definition) is 1. The van der Waals surface area contributed by atoms with E-state index >= 15 is 0 Å². The molecule has 0 unspecified atom stereocenters. The normalized spacial score (nSPS) is 10.4. The minimum atomic E-state index is -0.434. The minimum absolute atomic E-state index is 0.0255. The van der Waals surface area contributed by atoms with Gasteiger partial charge < -0.3 is 0 Å². The van der Waals surface area contributed by atoms with Crippen LogP contribution in [0.25, 0.3) is 0 Å². The molecule has 0 bridgehead atoms. The zero-order valence-corrected chi connectivity index (χ0v) is 10.5. The van der Waals surface area contributed by atoms with Crippen LogP contribution in [0, 0.1) is 30.9 Å². The first-order valence-electron chi connectivity index (χ1n) is 5.52. The summed E-state index contributed by atoms with van der Waals surface area (Å²) < 4.78 is 1.77. The third kappa shape index (κ3) is 2.17. The molecule has 0 saturated carbocycles. The first-order valence-corrected chi connectivity index (χ1v) is 5.52. The molecule has 0 aromatic carbocycles. The van der Waals surface area contributed by atoms with Crippen LogP contribution in [-0.4, -0.2) is 14.6 Å². The molecule has 0 aliphatic rings. The Bertz CT molecular complexity index is 585. The van der Waals surface area contributed by atoms with Crippen molar-refractivity contribution in [3.8, 4) is 0 Å². The van der Waals surface area contributed by atoms with Crippen molar-refractivity contribution in [3.63, 3.8) is 0 Å². The predicted molar refractivity (Wildman–Crippen MR) is 68.6 cm³/mol. The van der Waals surface area contributed by atoms with Gasteiger partial charge in [-0.05, 0) is 38.5 Å². The average Bonchev–Trinajstić information content (AvgIpc) is 2.62. The molecule has 94 valence electrons. The maximum atomic E-state index is 11.0. The summed E-state index contributed by atoms with van der Waals surface area (Å²) in [7, 11) is 0. The van der Waals surface area contributed by atoms with Crippen LogP contribution in [0.4, 0.5) is 11.5 Å². The Morgan fingerprint density at radius 3 is 2.44 bits per heavy atom. The molecule has 0 aliphatic heterocycles. The van der Waals surface area contributed by atoms with Gasteiger partial charge in [0, 0.05) is 23.7 Å². The molecule has 2 rings (SSSR count). The lowest BCUT2D eigenvalue weighted by Gasteiger charge is -2.11. The molecule has 0 radical (unpaired) electrons. The van der Waals surface area contributed by atoms with Gasteiger partial charge in [-0.2, -0.15) is 0 Å². The van der Waals surface area contributed by atoms with E-state index < -0.39 is 4.92 Å². The highest BCUT2D eigenvalue weighted by Crippen LogP contribution is 2.23. The summed E-state index contributed by atoms with van der Waals surface area (Å²) in [6.07, 6.45) is 1.60. The molecule has 2 heterocycles. The second kappa shape index (κ2) is 4.48. The smallest absolute Gasteiger partial charge is 0.272 e. The van der Waals surface area contributed by atoms with Gasteiger partial charge in [0.15, 0.2) is 0 Å². The van der Waals surface area contributed by atoms with Gasteiger partial charge >= 0.3 is 5.69 Å². The van der Waals surface area contributed by atoms with Crippen LogP contribution in [0.1, 0.15) is 17.0 Å². The van der Waals surface area contributed by atoms with Crippen LogP contribution in [0.3, 0.4) is 0 Å². The van der Waals surface area contributed by atoms with Gasteiger partial charge in [0.2, 0.25) is 5.82 Å². The highest BCUT2D eigenvalue weighted by atomic mass is 16.6. The molecule has 1 N–H and O–H groups in total. The maximum absolute atomic E-state index is 11.0. The number of anilines is 1. The number of nitrogens with zero attached hydrogens (tertiary/aromatic N) is 3. The Morgan fingerprint density at radius 2 is 1.89 bits per heavy atom. The van der Waals surface area contributed by atoms with Crippen molar-refractivity contribution in [3.05, 3.63) is 51.5 Å². The van der Waals surface area contributed by atoms with Crippen molar-refractivity contribution in [2.45, 2.75) is 20.8 Å². The van der Waals surface area contributed by atoms with E-state index in [9.17, 15) is 10.1 Å². The third-order valence-corrected chi connectivity index (χ3v) is 2.69. The second-order valence-electron chi connectivity index (χ2n) is 4.20. The molecule has 0 amide bonds. The van der Waals surface area contributed by atoms with Gasteiger partial charge in [-0.3, -0.25) is 20.2 Å².